The monoisotopic (exact) mass is 213 g/mol. The molecule has 2 N–H and O–H groups in total. The maximum atomic E-state index is 6.08. The zero-order valence-corrected chi connectivity index (χ0v) is 9.03. The molecular weight excluding hydrogens is 202 g/mol. The third kappa shape index (κ3) is 1.71. The molecule has 1 nitrogen and oxygen atoms in total. The van der Waals surface area contributed by atoms with Crippen LogP contribution in [0.25, 0.3) is 0 Å². The fourth-order valence-corrected chi connectivity index (χ4v) is 3.01. The molecule has 2 atom stereocenters. The van der Waals surface area contributed by atoms with E-state index in [1.54, 1.807) is 0 Å². The van der Waals surface area contributed by atoms with Gasteiger partial charge in [0.15, 0.2) is 0 Å². The number of rotatable bonds is 0. The molecular formula is C10H12ClNS. The summed E-state index contributed by atoms with van der Waals surface area (Å²) in [4.78, 5) is 1.25. The Labute approximate surface area is 87.7 Å². The second kappa shape index (κ2) is 3.52. The van der Waals surface area contributed by atoms with Crippen molar-refractivity contribution >= 4 is 23.4 Å². The van der Waals surface area contributed by atoms with Gasteiger partial charge in [-0.05, 0) is 23.6 Å². The number of fused-ring (bicyclic) bond motifs is 1. The topological polar surface area (TPSA) is 26.0 Å². The summed E-state index contributed by atoms with van der Waals surface area (Å²) in [6, 6.07) is 6.14. The number of nitrogens with two attached hydrogens (primary N) is 1. The second-order valence-corrected chi connectivity index (χ2v) is 4.99. The number of hydrogen-bond acceptors (Lipinski definition) is 2. The first-order valence-corrected chi connectivity index (χ1v) is 5.72. The Balaban J connectivity index is 2.44. The highest BCUT2D eigenvalue weighted by Crippen LogP contribution is 2.39. The van der Waals surface area contributed by atoms with Gasteiger partial charge in [0.1, 0.15) is 0 Å². The van der Waals surface area contributed by atoms with Gasteiger partial charge in [-0.2, -0.15) is 0 Å². The van der Waals surface area contributed by atoms with Gasteiger partial charge in [0.05, 0.1) is 0 Å². The van der Waals surface area contributed by atoms with Crippen LogP contribution in [0, 0.1) is 5.92 Å². The quantitative estimate of drug-likeness (QED) is 0.717. The van der Waals surface area contributed by atoms with Crippen LogP contribution in [-0.2, 0) is 0 Å². The first-order valence-electron chi connectivity index (χ1n) is 4.36. The Bertz CT molecular complexity index is 327. The van der Waals surface area contributed by atoms with Crippen molar-refractivity contribution in [2.45, 2.75) is 17.9 Å². The van der Waals surface area contributed by atoms with E-state index >= 15 is 0 Å². The molecule has 1 aromatic carbocycles. The van der Waals surface area contributed by atoms with Gasteiger partial charge >= 0.3 is 0 Å². The predicted molar refractivity (Wildman–Crippen MR) is 58.3 cm³/mol. The van der Waals surface area contributed by atoms with E-state index in [9.17, 15) is 0 Å². The van der Waals surface area contributed by atoms with Gasteiger partial charge < -0.3 is 5.73 Å². The molecule has 0 saturated carbocycles. The van der Waals surface area contributed by atoms with Crippen LogP contribution in [0.4, 0.5) is 0 Å². The van der Waals surface area contributed by atoms with Crippen LogP contribution in [-0.4, -0.2) is 5.75 Å². The predicted octanol–water partition coefficient (Wildman–Crippen LogP) is 3.08. The van der Waals surface area contributed by atoms with Crippen LogP contribution >= 0.6 is 23.4 Å². The fourth-order valence-electron chi connectivity index (χ4n) is 1.54. The molecule has 0 saturated heterocycles. The highest BCUT2D eigenvalue weighted by molar-refractivity contribution is 7.99. The molecule has 0 amide bonds. The molecule has 1 aliphatic rings. The SMILES string of the molecule is CC1CSc2cc(Cl)ccc2C1N. The van der Waals surface area contributed by atoms with Crippen molar-refractivity contribution in [1.82, 2.24) is 0 Å². The van der Waals surface area contributed by atoms with E-state index in [2.05, 4.69) is 6.92 Å². The molecule has 1 aliphatic heterocycles. The molecule has 13 heavy (non-hydrogen) atoms. The maximum Gasteiger partial charge on any atom is 0.0417 e. The fraction of sp³-hybridized carbons (Fsp3) is 0.400. The van der Waals surface area contributed by atoms with Crippen LogP contribution in [0.15, 0.2) is 23.1 Å². The number of benzene rings is 1. The molecule has 3 heteroatoms. The maximum absolute atomic E-state index is 6.08. The lowest BCUT2D eigenvalue weighted by atomic mass is 9.96. The Kier molecular flexibility index (Phi) is 2.54. The van der Waals surface area contributed by atoms with Gasteiger partial charge in [0.25, 0.3) is 0 Å². The Morgan fingerprint density at radius 2 is 2.31 bits per heavy atom. The third-order valence-corrected chi connectivity index (χ3v) is 4.04. The van der Waals surface area contributed by atoms with Gasteiger partial charge in [-0.3, -0.25) is 0 Å². The molecule has 0 radical (unpaired) electrons. The Hall–Kier alpha value is -0.180. The van der Waals surface area contributed by atoms with Crippen molar-refractivity contribution in [1.29, 1.82) is 0 Å². The Morgan fingerprint density at radius 1 is 1.54 bits per heavy atom. The lowest BCUT2D eigenvalue weighted by molar-refractivity contribution is 0.507. The molecule has 0 bridgehead atoms. The summed E-state index contributed by atoms with van der Waals surface area (Å²) in [6.07, 6.45) is 0. The summed E-state index contributed by atoms with van der Waals surface area (Å²) < 4.78 is 0. The number of halogens is 1. The minimum atomic E-state index is 0.175. The smallest absolute Gasteiger partial charge is 0.0417 e. The van der Waals surface area contributed by atoms with Crippen LogP contribution in [0.1, 0.15) is 18.5 Å². The molecule has 0 spiro atoms. The first-order chi connectivity index (χ1) is 6.18. The van der Waals surface area contributed by atoms with Crippen LogP contribution in [0.3, 0.4) is 0 Å². The van der Waals surface area contributed by atoms with E-state index in [-0.39, 0.29) is 6.04 Å². The lowest BCUT2D eigenvalue weighted by Gasteiger charge is -2.27. The van der Waals surface area contributed by atoms with Gasteiger partial charge in [-0.1, -0.05) is 24.6 Å². The van der Waals surface area contributed by atoms with Gasteiger partial charge in [-0.15, -0.1) is 11.8 Å². The zero-order chi connectivity index (χ0) is 9.42. The van der Waals surface area contributed by atoms with Crippen LogP contribution < -0.4 is 5.73 Å². The summed E-state index contributed by atoms with van der Waals surface area (Å²) in [5, 5.41) is 0.799. The minimum absolute atomic E-state index is 0.175. The molecule has 2 rings (SSSR count). The summed E-state index contributed by atoms with van der Waals surface area (Å²) in [5.41, 5.74) is 7.33. The van der Waals surface area contributed by atoms with Crippen molar-refractivity contribution in [2.24, 2.45) is 11.7 Å². The van der Waals surface area contributed by atoms with E-state index in [0.717, 1.165) is 10.8 Å². The van der Waals surface area contributed by atoms with Crippen LogP contribution in [0.5, 0.6) is 0 Å². The first kappa shape index (κ1) is 9.38. The summed E-state index contributed by atoms with van der Waals surface area (Å²) in [7, 11) is 0. The molecule has 2 unspecified atom stereocenters. The summed E-state index contributed by atoms with van der Waals surface area (Å²) >= 11 is 7.76. The molecule has 0 fully saturated rings. The van der Waals surface area contributed by atoms with E-state index in [0.29, 0.717) is 5.92 Å². The van der Waals surface area contributed by atoms with E-state index < -0.39 is 0 Å². The average molecular weight is 214 g/mol. The standard InChI is InChI=1S/C10H12ClNS/c1-6-5-13-9-4-7(11)2-3-8(9)10(6)12/h2-4,6,10H,5,12H2,1H3. The van der Waals surface area contributed by atoms with Crippen molar-refractivity contribution in [3.63, 3.8) is 0 Å². The van der Waals surface area contributed by atoms with Crippen molar-refractivity contribution in [2.75, 3.05) is 5.75 Å². The molecule has 1 aromatic rings. The van der Waals surface area contributed by atoms with E-state index in [4.69, 9.17) is 17.3 Å². The van der Waals surface area contributed by atoms with Crippen molar-refractivity contribution in [3.05, 3.63) is 28.8 Å². The summed E-state index contributed by atoms with van der Waals surface area (Å²) in [5.74, 6) is 1.65. The van der Waals surface area contributed by atoms with Gasteiger partial charge in [0.2, 0.25) is 0 Å². The van der Waals surface area contributed by atoms with Crippen LogP contribution in [0.2, 0.25) is 5.02 Å². The molecule has 0 aliphatic carbocycles. The minimum Gasteiger partial charge on any atom is -0.324 e. The van der Waals surface area contributed by atoms with Crippen molar-refractivity contribution in [3.8, 4) is 0 Å². The largest absolute Gasteiger partial charge is 0.324 e. The lowest BCUT2D eigenvalue weighted by Crippen LogP contribution is -2.24. The highest BCUT2D eigenvalue weighted by atomic mass is 35.5. The van der Waals surface area contributed by atoms with Gasteiger partial charge in [-0.25, -0.2) is 0 Å². The van der Waals surface area contributed by atoms with Crippen molar-refractivity contribution < 1.29 is 0 Å². The average Bonchev–Trinajstić information content (AvgIpc) is 2.12. The Morgan fingerprint density at radius 3 is 3.08 bits per heavy atom. The summed E-state index contributed by atoms with van der Waals surface area (Å²) in [6.45, 7) is 2.19. The number of hydrogen-bond donors (Lipinski definition) is 1. The molecule has 1 heterocycles. The normalized spacial score (nSPS) is 27.0. The highest BCUT2D eigenvalue weighted by Gasteiger charge is 2.23. The third-order valence-electron chi connectivity index (χ3n) is 2.45. The second-order valence-electron chi connectivity index (χ2n) is 3.50. The zero-order valence-electron chi connectivity index (χ0n) is 7.46. The van der Waals surface area contributed by atoms with Gasteiger partial charge in [0, 0.05) is 21.7 Å². The molecule has 70 valence electrons. The number of thioether (sulfide) groups is 1. The van der Waals surface area contributed by atoms with E-state index in [1.807, 2.05) is 30.0 Å². The molecule has 0 aromatic heterocycles. The van der Waals surface area contributed by atoms with E-state index in [1.165, 1.54) is 10.5 Å².